The number of aromatic nitrogens is 4. The molecule has 1 aromatic heterocycles. The molecule has 3 rings (SSSR count). The Hall–Kier alpha value is -3.62. The average Bonchev–Trinajstić information content (AvgIpc) is 3.15. The highest BCUT2D eigenvalue weighted by atomic mass is 16.6. The van der Waals surface area contributed by atoms with E-state index in [1.807, 2.05) is 0 Å². The zero-order chi connectivity index (χ0) is 16.9. The molecule has 1 heterocycles. The lowest BCUT2D eigenvalue weighted by Gasteiger charge is -2.07. The molecule has 0 saturated carbocycles. The number of non-ortho nitro benzene ring substituents is 1. The Morgan fingerprint density at radius 3 is 2.79 bits per heavy atom. The van der Waals surface area contributed by atoms with Crippen LogP contribution in [0.25, 0.3) is 5.69 Å². The van der Waals surface area contributed by atoms with Crippen LogP contribution in [-0.4, -0.2) is 31.0 Å². The normalized spacial score (nSPS) is 10.3. The number of amides is 1. The highest BCUT2D eigenvalue weighted by Crippen LogP contribution is 2.13. The second-order valence-electron chi connectivity index (χ2n) is 4.91. The van der Waals surface area contributed by atoms with Crippen molar-refractivity contribution >= 4 is 11.6 Å². The minimum Gasteiger partial charge on any atom is -0.348 e. The van der Waals surface area contributed by atoms with Gasteiger partial charge < -0.3 is 5.32 Å². The Balaban J connectivity index is 1.70. The molecular weight excluding hydrogens is 312 g/mol. The van der Waals surface area contributed by atoms with Crippen LogP contribution in [0.2, 0.25) is 0 Å². The fraction of sp³-hybridized carbons (Fsp3) is 0.0667. The third kappa shape index (κ3) is 3.40. The molecule has 0 saturated heterocycles. The summed E-state index contributed by atoms with van der Waals surface area (Å²) in [6.45, 7) is 0.190. The van der Waals surface area contributed by atoms with Crippen molar-refractivity contribution in [2.24, 2.45) is 0 Å². The number of nitrogens with one attached hydrogen (secondary N) is 1. The molecule has 0 aliphatic rings. The Morgan fingerprint density at radius 1 is 1.21 bits per heavy atom. The van der Waals surface area contributed by atoms with Crippen LogP contribution in [0.15, 0.2) is 54.9 Å². The average molecular weight is 324 g/mol. The number of tetrazole rings is 1. The van der Waals surface area contributed by atoms with Crippen LogP contribution in [-0.2, 0) is 6.54 Å². The smallest absolute Gasteiger partial charge is 0.269 e. The van der Waals surface area contributed by atoms with Gasteiger partial charge in [0.15, 0.2) is 0 Å². The number of carbonyl (C=O) groups is 1. The molecule has 0 fully saturated rings. The number of nitro groups is 1. The second kappa shape index (κ2) is 6.65. The lowest BCUT2D eigenvalue weighted by molar-refractivity contribution is -0.384. The summed E-state index contributed by atoms with van der Waals surface area (Å²) in [4.78, 5) is 22.5. The summed E-state index contributed by atoms with van der Waals surface area (Å²) >= 11 is 0. The van der Waals surface area contributed by atoms with Crippen LogP contribution < -0.4 is 5.32 Å². The first kappa shape index (κ1) is 15.3. The molecule has 9 nitrogen and oxygen atoms in total. The Bertz CT molecular complexity index is 878. The van der Waals surface area contributed by atoms with Gasteiger partial charge in [-0.3, -0.25) is 14.9 Å². The first-order valence-electron chi connectivity index (χ1n) is 6.98. The van der Waals surface area contributed by atoms with Crippen LogP contribution in [0.1, 0.15) is 15.9 Å². The largest absolute Gasteiger partial charge is 0.348 e. The van der Waals surface area contributed by atoms with Gasteiger partial charge in [-0.15, -0.1) is 5.10 Å². The predicted octanol–water partition coefficient (Wildman–Crippen LogP) is 1.50. The van der Waals surface area contributed by atoms with Gasteiger partial charge in [0.05, 0.1) is 10.6 Å². The number of hydrogen-bond donors (Lipinski definition) is 1. The third-order valence-corrected chi connectivity index (χ3v) is 3.30. The Kier molecular flexibility index (Phi) is 4.23. The topological polar surface area (TPSA) is 116 Å². The van der Waals surface area contributed by atoms with E-state index in [9.17, 15) is 14.9 Å². The summed E-state index contributed by atoms with van der Waals surface area (Å²) in [6, 6.07) is 12.9. The molecule has 0 aliphatic carbocycles. The van der Waals surface area contributed by atoms with Gasteiger partial charge in [0.1, 0.15) is 6.33 Å². The van der Waals surface area contributed by atoms with Crippen molar-refractivity contribution in [3.8, 4) is 5.69 Å². The van der Waals surface area contributed by atoms with Crippen molar-refractivity contribution in [2.45, 2.75) is 6.54 Å². The molecule has 0 spiro atoms. The summed E-state index contributed by atoms with van der Waals surface area (Å²) < 4.78 is 1.44. The zero-order valence-corrected chi connectivity index (χ0v) is 12.4. The van der Waals surface area contributed by atoms with Gasteiger partial charge in [0, 0.05) is 24.2 Å². The molecule has 0 radical (unpaired) electrons. The predicted molar refractivity (Wildman–Crippen MR) is 83.4 cm³/mol. The van der Waals surface area contributed by atoms with Crippen molar-refractivity contribution < 1.29 is 9.72 Å². The standard InChI is InChI=1S/C15H12N6O3/c22-15(16-9-11-3-1-6-14(7-11)21(23)24)12-4-2-5-13(8-12)20-10-17-18-19-20/h1-8,10H,9H2,(H,16,22). The Morgan fingerprint density at radius 2 is 2.04 bits per heavy atom. The zero-order valence-electron chi connectivity index (χ0n) is 12.4. The summed E-state index contributed by atoms with van der Waals surface area (Å²) in [5, 5.41) is 24.4. The van der Waals surface area contributed by atoms with Crippen LogP contribution in [0.4, 0.5) is 5.69 Å². The van der Waals surface area contributed by atoms with E-state index in [1.54, 1.807) is 36.4 Å². The van der Waals surface area contributed by atoms with Gasteiger partial charge in [-0.1, -0.05) is 18.2 Å². The number of benzene rings is 2. The van der Waals surface area contributed by atoms with E-state index >= 15 is 0 Å². The van der Waals surface area contributed by atoms with E-state index < -0.39 is 4.92 Å². The summed E-state index contributed by atoms with van der Waals surface area (Å²) in [5.74, 6) is -0.295. The fourth-order valence-corrected chi connectivity index (χ4v) is 2.13. The highest BCUT2D eigenvalue weighted by molar-refractivity contribution is 5.94. The number of nitrogens with zero attached hydrogens (tertiary/aromatic N) is 5. The van der Waals surface area contributed by atoms with Crippen LogP contribution in [0, 0.1) is 10.1 Å². The maximum Gasteiger partial charge on any atom is 0.269 e. The molecular formula is C15H12N6O3. The SMILES string of the molecule is O=C(NCc1cccc([N+](=O)[O-])c1)c1cccc(-n2cnnn2)c1. The summed E-state index contributed by atoms with van der Waals surface area (Å²) in [7, 11) is 0. The number of carbonyl (C=O) groups excluding carboxylic acids is 1. The van der Waals surface area contributed by atoms with Crippen LogP contribution >= 0.6 is 0 Å². The minimum absolute atomic E-state index is 0.0116. The highest BCUT2D eigenvalue weighted by Gasteiger charge is 2.09. The van der Waals surface area contributed by atoms with E-state index in [4.69, 9.17) is 0 Å². The first-order chi connectivity index (χ1) is 11.6. The lowest BCUT2D eigenvalue weighted by Crippen LogP contribution is -2.23. The molecule has 120 valence electrons. The molecule has 0 bridgehead atoms. The lowest BCUT2D eigenvalue weighted by atomic mass is 10.1. The van der Waals surface area contributed by atoms with Gasteiger partial charge >= 0.3 is 0 Å². The monoisotopic (exact) mass is 324 g/mol. The molecule has 1 amide bonds. The summed E-state index contributed by atoms with van der Waals surface area (Å²) in [5.41, 5.74) is 1.73. The molecule has 0 unspecified atom stereocenters. The molecule has 0 aliphatic heterocycles. The Labute approximate surface area is 136 Å². The minimum atomic E-state index is -0.471. The number of hydrogen-bond acceptors (Lipinski definition) is 6. The molecule has 24 heavy (non-hydrogen) atoms. The van der Waals surface area contributed by atoms with Gasteiger partial charge in [0.2, 0.25) is 0 Å². The maximum atomic E-state index is 12.3. The quantitative estimate of drug-likeness (QED) is 0.561. The van der Waals surface area contributed by atoms with E-state index in [0.29, 0.717) is 16.8 Å². The fourth-order valence-electron chi connectivity index (χ4n) is 2.13. The first-order valence-corrected chi connectivity index (χ1v) is 6.98. The number of nitro benzene ring substituents is 1. The van der Waals surface area contributed by atoms with Crippen molar-refractivity contribution in [2.75, 3.05) is 0 Å². The molecule has 0 atom stereocenters. The van der Waals surface area contributed by atoms with E-state index in [-0.39, 0.29) is 18.1 Å². The second-order valence-corrected chi connectivity index (χ2v) is 4.91. The molecule has 2 aromatic carbocycles. The van der Waals surface area contributed by atoms with Gasteiger partial charge in [-0.2, -0.15) is 0 Å². The van der Waals surface area contributed by atoms with E-state index in [0.717, 1.165) is 0 Å². The van der Waals surface area contributed by atoms with Crippen molar-refractivity contribution in [3.05, 3.63) is 76.1 Å². The molecule has 1 N–H and O–H groups in total. The van der Waals surface area contributed by atoms with E-state index in [1.165, 1.54) is 23.1 Å². The van der Waals surface area contributed by atoms with Crippen LogP contribution in [0.3, 0.4) is 0 Å². The van der Waals surface area contributed by atoms with Crippen LogP contribution in [0.5, 0.6) is 0 Å². The molecule has 9 heteroatoms. The van der Waals surface area contributed by atoms with Crippen molar-refractivity contribution in [1.29, 1.82) is 0 Å². The third-order valence-electron chi connectivity index (χ3n) is 3.30. The van der Waals surface area contributed by atoms with E-state index in [2.05, 4.69) is 20.8 Å². The van der Waals surface area contributed by atoms with Crippen molar-refractivity contribution in [1.82, 2.24) is 25.5 Å². The maximum absolute atomic E-state index is 12.3. The summed E-state index contributed by atoms with van der Waals surface area (Å²) in [6.07, 6.45) is 1.43. The number of rotatable bonds is 5. The molecule has 3 aromatic rings. The van der Waals surface area contributed by atoms with Gasteiger partial charge in [0.25, 0.3) is 11.6 Å². The van der Waals surface area contributed by atoms with Crippen molar-refractivity contribution in [3.63, 3.8) is 0 Å². The van der Waals surface area contributed by atoms with Gasteiger partial charge in [-0.05, 0) is 34.2 Å². The van der Waals surface area contributed by atoms with Gasteiger partial charge in [-0.25, -0.2) is 4.68 Å².